The van der Waals surface area contributed by atoms with Gasteiger partial charge in [0, 0.05) is 18.7 Å². The van der Waals surface area contributed by atoms with Crippen molar-refractivity contribution >= 4 is 51.9 Å². The number of benzene rings is 2. The van der Waals surface area contributed by atoms with Crippen molar-refractivity contribution in [1.82, 2.24) is 4.90 Å². The molecule has 1 aliphatic rings. The van der Waals surface area contributed by atoms with Gasteiger partial charge in [-0.05, 0) is 44.0 Å². The molecule has 0 radical (unpaired) electrons. The second-order valence-corrected chi connectivity index (χ2v) is 8.44. The van der Waals surface area contributed by atoms with Gasteiger partial charge in [-0.2, -0.15) is 0 Å². The number of amides is 2. The summed E-state index contributed by atoms with van der Waals surface area (Å²) in [4.78, 5) is 26.9. The van der Waals surface area contributed by atoms with Crippen LogP contribution in [-0.4, -0.2) is 27.6 Å². The molecule has 1 saturated heterocycles. The van der Waals surface area contributed by atoms with Crippen LogP contribution in [0.4, 0.5) is 5.69 Å². The molecule has 3 rings (SSSR count). The van der Waals surface area contributed by atoms with Gasteiger partial charge in [-0.15, -0.1) is 0 Å². The molecule has 28 heavy (non-hydrogen) atoms. The van der Waals surface area contributed by atoms with E-state index in [0.717, 1.165) is 16.8 Å². The van der Waals surface area contributed by atoms with Crippen LogP contribution in [0.5, 0.6) is 0 Å². The van der Waals surface area contributed by atoms with E-state index in [1.165, 1.54) is 17.3 Å². The summed E-state index contributed by atoms with van der Waals surface area (Å²) in [5.74, 6) is -0.154. The summed E-state index contributed by atoms with van der Waals surface area (Å²) in [7, 11) is 0. The number of thiocarbonyl (C=S) groups is 1. The standard InChI is InChI=1S/C22H22N2O2S2/c1-15-5-9-17(10-6-15)14-19-21(26)24(22(27)28-19)13-3-4-20(25)23-18-11-7-16(2)8-12-18/h5-12,14H,3-4,13H2,1-2H3,(H,23,25)/b19-14+. The first kappa shape index (κ1) is 20.3. The molecule has 4 nitrogen and oxygen atoms in total. The van der Waals surface area contributed by atoms with E-state index >= 15 is 0 Å². The molecule has 0 bridgehead atoms. The highest BCUT2D eigenvalue weighted by Gasteiger charge is 2.31. The lowest BCUT2D eigenvalue weighted by atomic mass is 10.1. The highest BCUT2D eigenvalue weighted by atomic mass is 32.2. The largest absolute Gasteiger partial charge is 0.326 e. The third kappa shape index (κ3) is 5.30. The fraction of sp³-hybridized carbons (Fsp3) is 0.227. The van der Waals surface area contributed by atoms with E-state index in [4.69, 9.17) is 12.2 Å². The van der Waals surface area contributed by atoms with Crippen LogP contribution in [0.2, 0.25) is 0 Å². The predicted molar refractivity (Wildman–Crippen MR) is 120 cm³/mol. The zero-order chi connectivity index (χ0) is 20.1. The maximum absolute atomic E-state index is 12.6. The van der Waals surface area contributed by atoms with Gasteiger partial charge in [0.2, 0.25) is 5.91 Å². The van der Waals surface area contributed by atoms with Gasteiger partial charge in [-0.25, -0.2) is 0 Å². The van der Waals surface area contributed by atoms with Crippen molar-refractivity contribution in [3.8, 4) is 0 Å². The van der Waals surface area contributed by atoms with Gasteiger partial charge in [0.1, 0.15) is 4.32 Å². The molecule has 6 heteroatoms. The number of thioether (sulfide) groups is 1. The molecular formula is C22H22N2O2S2. The average molecular weight is 411 g/mol. The van der Waals surface area contributed by atoms with Crippen LogP contribution in [0, 0.1) is 13.8 Å². The van der Waals surface area contributed by atoms with Crippen molar-refractivity contribution in [1.29, 1.82) is 0 Å². The maximum atomic E-state index is 12.6. The lowest BCUT2D eigenvalue weighted by molar-refractivity contribution is -0.122. The summed E-state index contributed by atoms with van der Waals surface area (Å²) in [5.41, 5.74) is 4.07. The molecule has 0 saturated carbocycles. The molecule has 144 valence electrons. The van der Waals surface area contributed by atoms with E-state index < -0.39 is 0 Å². The zero-order valence-electron chi connectivity index (χ0n) is 15.9. The summed E-state index contributed by atoms with van der Waals surface area (Å²) in [6.45, 7) is 4.47. The van der Waals surface area contributed by atoms with E-state index in [1.54, 1.807) is 4.90 Å². The SMILES string of the molecule is Cc1ccc(/C=C2/SC(=S)N(CCCC(=O)Nc3ccc(C)cc3)C2=O)cc1. The van der Waals surface area contributed by atoms with Gasteiger partial charge in [0.05, 0.1) is 4.91 Å². The molecule has 0 aliphatic carbocycles. The molecule has 0 atom stereocenters. The van der Waals surface area contributed by atoms with Crippen LogP contribution in [0.1, 0.15) is 29.5 Å². The summed E-state index contributed by atoms with van der Waals surface area (Å²) >= 11 is 6.67. The van der Waals surface area contributed by atoms with Crippen molar-refractivity contribution in [2.24, 2.45) is 0 Å². The van der Waals surface area contributed by atoms with Crippen molar-refractivity contribution in [3.63, 3.8) is 0 Å². The number of hydrogen-bond acceptors (Lipinski definition) is 4. The Morgan fingerprint density at radius 2 is 1.68 bits per heavy atom. The summed E-state index contributed by atoms with van der Waals surface area (Å²) in [6, 6.07) is 15.7. The van der Waals surface area contributed by atoms with Gasteiger partial charge in [-0.3, -0.25) is 14.5 Å². The third-order valence-electron chi connectivity index (χ3n) is 4.37. The molecule has 2 amide bonds. The molecule has 0 spiro atoms. The van der Waals surface area contributed by atoms with Crippen molar-refractivity contribution in [2.75, 3.05) is 11.9 Å². The Morgan fingerprint density at radius 1 is 1.07 bits per heavy atom. The van der Waals surface area contributed by atoms with Gasteiger partial charge < -0.3 is 5.32 Å². The Labute approximate surface area is 175 Å². The third-order valence-corrected chi connectivity index (χ3v) is 5.75. The van der Waals surface area contributed by atoms with Gasteiger partial charge in [-0.1, -0.05) is 71.5 Å². The number of hydrogen-bond donors (Lipinski definition) is 1. The minimum absolute atomic E-state index is 0.0653. The quantitative estimate of drug-likeness (QED) is 0.542. The van der Waals surface area contributed by atoms with Crippen LogP contribution in [0.25, 0.3) is 6.08 Å². The molecule has 2 aromatic rings. The average Bonchev–Trinajstić information content (AvgIpc) is 2.93. The Balaban J connectivity index is 1.52. The zero-order valence-corrected chi connectivity index (χ0v) is 17.5. The Morgan fingerprint density at radius 3 is 2.32 bits per heavy atom. The highest BCUT2D eigenvalue weighted by Crippen LogP contribution is 2.32. The first-order valence-electron chi connectivity index (χ1n) is 9.11. The second-order valence-electron chi connectivity index (χ2n) is 6.76. The van der Waals surface area contributed by atoms with Crippen LogP contribution in [0.3, 0.4) is 0 Å². The van der Waals surface area contributed by atoms with Crippen molar-refractivity contribution in [3.05, 3.63) is 70.1 Å². The smallest absolute Gasteiger partial charge is 0.266 e. The highest BCUT2D eigenvalue weighted by molar-refractivity contribution is 8.26. The van der Waals surface area contributed by atoms with Gasteiger partial charge in [0.15, 0.2) is 0 Å². The molecule has 1 fully saturated rings. The lowest BCUT2D eigenvalue weighted by Crippen LogP contribution is -2.29. The molecule has 2 aromatic carbocycles. The molecule has 1 heterocycles. The van der Waals surface area contributed by atoms with Gasteiger partial charge in [0.25, 0.3) is 5.91 Å². The topological polar surface area (TPSA) is 49.4 Å². The van der Waals surface area contributed by atoms with E-state index in [2.05, 4.69) is 5.32 Å². The van der Waals surface area contributed by atoms with Gasteiger partial charge >= 0.3 is 0 Å². The molecular weight excluding hydrogens is 388 g/mol. The Hall–Kier alpha value is -2.44. The van der Waals surface area contributed by atoms with E-state index in [-0.39, 0.29) is 11.8 Å². The predicted octanol–water partition coefficient (Wildman–Crippen LogP) is 4.92. The number of nitrogens with zero attached hydrogens (tertiary/aromatic N) is 1. The van der Waals surface area contributed by atoms with Crippen LogP contribution >= 0.6 is 24.0 Å². The van der Waals surface area contributed by atoms with E-state index in [0.29, 0.717) is 28.6 Å². The van der Waals surface area contributed by atoms with Crippen molar-refractivity contribution < 1.29 is 9.59 Å². The fourth-order valence-electron chi connectivity index (χ4n) is 2.76. The summed E-state index contributed by atoms with van der Waals surface area (Å²) in [5, 5.41) is 2.87. The normalized spacial score (nSPS) is 15.4. The minimum atomic E-state index is -0.0884. The molecule has 1 aliphatic heterocycles. The second kappa shape index (κ2) is 9.17. The first-order valence-corrected chi connectivity index (χ1v) is 10.3. The number of carbonyl (C=O) groups is 2. The lowest BCUT2D eigenvalue weighted by Gasteiger charge is -2.14. The molecule has 0 aromatic heterocycles. The summed E-state index contributed by atoms with van der Waals surface area (Å²) in [6.07, 6.45) is 2.76. The van der Waals surface area contributed by atoms with E-state index in [1.807, 2.05) is 68.5 Å². The first-order chi connectivity index (χ1) is 13.4. The number of carbonyl (C=O) groups excluding carboxylic acids is 2. The number of aryl methyl sites for hydroxylation is 2. The number of anilines is 1. The molecule has 0 unspecified atom stereocenters. The minimum Gasteiger partial charge on any atom is -0.326 e. The molecule has 1 N–H and O–H groups in total. The number of rotatable bonds is 6. The van der Waals surface area contributed by atoms with Crippen LogP contribution in [0.15, 0.2) is 53.4 Å². The van der Waals surface area contributed by atoms with Crippen LogP contribution < -0.4 is 5.32 Å². The van der Waals surface area contributed by atoms with E-state index in [9.17, 15) is 9.59 Å². The fourth-order valence-corrected chi connectivity index (χ4v) is 4.07. The maximum Gasteiger partial charge on any atom is 0.266 e. The number of nitrogens with one attached hydrogen (secondary N) is 1. The Kier molecular flexibility index (Phi) is 6.65. The van der Waals surface area contributed by atoms with Crippen LogP contribution in [-0.2, 0) is 9.59 Å². The Bertz CT molecular complexity index is 919. The monoisotopic (exact) mass is 410 g/mol. The summed E-state index contributed by atoms with van der Waals surface area (Å²) < 4.78 is 0.544. The van der Waals surface area contributed by atoms with Crippen molar-refractivity contribution in [2.45, 2.75) is 26.7 Å².